The minimum atomic E-state index is -0.628. The van der Waals surface area contributed by atoms with Crippen LogP contribution in [0.25, 0.3) is 22.2 Å². The van der Waals surface area contributed by atoms with Gasteiger partial charge in [-0.1, -0.05) is 41.4 Å². The highest BCUT2D eigenvalue weighted by Crippen LogP contribution is 2.46. The highest BCUT2D eigenvalue weighted by Gasteiger charge is 2.32. The lowest BCUT2D eigenvalue weighted by Gasteiger charge is -2.13. The number of nitrogens with zero attached hydrogens (tertiary/aromatic N) is 2. The Morgan fingerprint density at radius 2 is 1.70 bits per heavy atom. The van der Waals surface area contributed by atoms with Gasteiger partial charge >= 0.3 is 0 Å². The van der Waals surface area contributed by atoms with Gasteiger partial charge in [-0.25, -0.2) is 0 Å². The number of H-pyrrole nitrogens is 1. The number of oxime groups is 1. The van der Waals surface area contributed by atoms with E-state index in [1.54, 1.807) is 14.2 Å². The van der Waals surface area contributed by atoms with Crippen LogP contribution in [-0.4, -0.2) is 57.1 Å². The van der Waals surface area contributed by atoms with Crippen molar-refractivity contribution in [2.45, 2.75) is 6.10 Å². The summed E-state index contributed by atoms with van der Waals surface area (Å²) in [4.78, 5) is 11.6. The monoisotopic (exact) mass is 495 g/mol. The van der Waals surface area contributed by atoms with Crippen LogP contribution in [0.15, 0.2) is 65.8 Å². The summed E-state index contributed by atoms with van der Waals surface area (Å²) in [5.41, 5.74) is 6.14. The highest BCUT2D eigenvalue weighted by molar-refractivity contribution is 6.30. The Labute approximate surface area is 216 Å². The molecule has 1 aromatic heterocycles. The Morgan fingerprint density at radius 1 is 0.973 bits per heavy atom. The van der Waals surface area contributed by atoms with E-state index < -0.39 is 6.10 Å². The molecule has 7 heteroatoms. The van der Waals surface area contributed by atoms with E-state index in [1.165, 1.54) is 0 Å². The number of rotatable bonds is 9. The van der Waals surface area contributed by atoms with Gasteiger partial charge in [0.15, 0.2) is 11.5 Å². The lowest BCUT2D eigenvalue weighted by Crippen LogP contribution is -2.19. The average Bonchev–Trinajstić information content (AvgIpc) is 3.43. The molecule has 0 saturated carbocycles. The molecule has 1 heterocycles. The second kappa shape index (κ2) is 10.3. The predicted molar refractivity (Wildman–Crippen MR) is 146 cm³/mol. The van der Waals surface area contributed by atoms with Crippen molar-refractivity contribution >= 4 is 16.6 Å². The molecule has 0 bridgehead atoms. The van der Waals surface area contributed by atoms with Crippen LogP contribution in [-0.2, 0) is 4.84 Å². The zero-order chi connectivity index (χ0) is 25.9. The van der Waals surface area contributed by atoms with Gasteiger partial charge in [0.25, 0.3) is 0 Å². The number of hydrogen-bond donors (Lipinski definition) is 1. The minimum Gasteiger partial charge on any atom is -0.493 e. The molecule has 0 spiro atoms. The number of benzene rings is 3. The molecule has 3 aromatic carbocycles. The molecule has 1 aliphatic rings. The van der Waals surface area contributed by atoms with Crippen molar-refractivity contribution in [1.29, 1.82) is 0 Å². The van der Waals surface area contributed by atoms with E-state index in [9.17, 15) is 0 Å². The van der Waals surface area contributed by atoms with Crippen LogP contribution >= 0.6 is 0 Å². The van der Waals surface area contributed by atoms with Gasteiger partial charge in [0.05, 0.1) is 19.9 Å². The molecular weight excluding hydrogens is 466 g/mol. The Morgan fingerprint density at radius 3 is 2.38 bits per heavy atom. The summed E-state index contributed by atoms with van der Waals surface area (Å²) < 4.78 is 17.2. The summed E-state index contributed by atoms with van der Waals surface area (Å²) in [5.74, 6) is 4.72. The number of aromatic amines is 1. The van der Waals surface area contributed by atoms with Crippen LogP contribution in [0.3, 0.4) is 0 Å². The average molecular weight is 496 g/mol. The maximum Gasteiger partial charge on any atom is 0.212 e. The quantitative estimate of drug-likeness (QED) is 0.224. The molecule has 1 N–H and O–H groups in total. The van der Waals surface area contributed by atoms with E-state index >= 15 is 0 Å². The highest BCUT2D eigenvalue weighted by atomic mass is 16.6. The van der Waals surface area contributed by atoms with Crippen LogP contribution in [0, 0.1) is 12.3 Å². The Bertz CT molecular complexity index is 1500. The zero-order valence-electron chi connectivity index (χ0n) is 21.4. The number of ether oxygens (including phenoxy) is 3. The van der Waals surface area contributed by atoms with Gasteiger partial charge in [0, 0.05) is 39.7 Å². The van der Waals surface area contributed by atoms with Gasteiger partial charge in [0.2, 0.25) is 6.10 Å². The molecule has 0 amide bonds. The second-order valence-electron chi connectivity index (χ2n) is 8.99. The molecule has 1 atom stereocenters. The smallest absolute Gasteiger partial charge is 0.212 e. The Hall–Kier alpha value is -4.41. The maximum atomic E-state index is 6.02. The van der Waals surface area contributed by atoms with Gasteiger partial charge < -0.3 is 28.9 Å². The summed E-state index contributed by atoms with van der Waals surface area (Å²) in [6.45, 7) is 1.41. The van der Waals surface area contributed by atoms with Gasteiger partial charge in [-0.3, -0.25) is 0 Å². The third kappa shape index (κ3) is 4.59. The SMILES string of the molecule is C#CC(ON=C1c2cc(OC)c(OC)cc2-c2[nH]c3ccc(OCCN(C)C)cc3c21)c1ccccc1. The lowest BCUT2D eigenvalue weighted by atomic mass is 10.1. The molecule has 1 unspecified atom stereocenters. The Balaban J connectivity index is 1.62. The maximum absolute atomic E-state index is 6.02. The molecule has 0 radical (unpaired) electrons. The summed E-state index contributed by atoms with van der Waals surface area (Å²) in [6.07, 6.45) is 5.19. The normalized spacial score (nSPS) is 13.8. The number of likely N-dealkylation sites (N-methyl/N-ethyl adjacent to an activating group) is 1. The number of aromatic nitrogens is 1. The van der Waals surface area contributed by atoms with Crippen molar-refractivity contribution < 1.29 is 19.0 Å². The number of nitrogens with one attached hydrogen (secondary N) is 1. The van der Waals surface area contributed by atoms with E-state index in [0.717, 1.165) is 51.1 Å². The van der Waals surface area contributed by atoms with E-state index in [0.29, 0.717) is 23.8 Å². The lowest BCUT2D eigenvalue weighted by molar-refractivity contribution is 0.100. The van der Waals surface area contributed by atoms with Crippen molar-refractivity contribution in [1.82, 2.24) is 9.88 Å². The first kappa shape index (κ1) is 24.3. The molecule has 188 valence electrons. The minimum absolute atomic E-state index is 0.588. The molecular formula is C30H29N3O4. The fourth-order valence-electron chi connectivity index (χ4n) is 4.49. The summed E-state index contributed by atoms with van der Waals surface area (Å²) >= 11 is 0. The number of hydrogen-bond acceptors (Lipinski definition) is 6. The van der Waals surface area contributed by atoms with Crippen LogP contribution in [0.1, 0.15) is 22.8 Å². The standard InChI is InChI=1S/C30H29N3O4/c1-6-25(19-10-8-7-9-11-19)37-32-30-22-18-27(35-5)26(34-4)17-21(22)29-28(30)23-16-20(12-13-24(23)31-29)36-15-14-33(2)3/h1,7-13,16-18,25,31H,14-15H2,2-5H3. The first-order valence-electron chi connectivity index (χ1n) is 12.0. The molecule has 0 fully saturated rings. The fourth-order valence-corrected chi connectivity index (χ4v) is 4.49. The van der Waals surface area contributed by atoms with E-state index in [4.69, 9.17) is 25.5 Å². The largest absolute Gasteiger partial charge is 0.493 e. The Kier molecular flexibility index (Phi) is 6.76. The van der Waals surface area contributed by atoms with Crippen LogP contribution in [0.4, 0.5) is 0 Å². The summed E-state index contributed by atoms with van der Waals surface area (Å²) in [6, 6.07) is 19.5. The molecule has 4 aromatic rings. The van der Waals surface area contributed by atoms with Gasteiger partial charge in [-0.05, 0) is 44.4 Å². The topological polar surface area (TPSA) is 68.3 Å². The first-order valence-corrected chi connectivity index (χ1v) is 12.0. The van der Waals surface area contributed by atoms with Crippen LogP contribution in [0.5, 0.6) is 17.2 Å². The first-order chi connectivity index (χ1) is 18.0. The second-order valence-corrected chi connectivity index (χ2v) is 8.99. The van der Waals surface area contributed by atoms with Crippen LogP contribution < -0.4 is 14.2 Å². The zero-order valence-corrected chi connectivity index (χ0v) is 21.4. The van der Waals surface area contributed by atoms with Gasteiger partial charge in [-0.15, -0.1) is 6.42 Å². The van der Waals surface area contributed by atoms with E-state index in [2.05, 4.69) is 21.0 Å². The van der Waals surface area contributed by atoms with Crippen molar-refractivity contribution in [3.63, 3.8) is 0 Å². The molecule has 5 rings (SSSR count). The molecule has 37 heavy (non-hydrogen) atoms. The fraction of sp³-hybridized carbons (Fsp3) is 0.233. The number of methoxy groups -OCH3 is 2. The predicted octanol–water partition coefficient (Wildman–Crippen LogP) is 5.25. The molecule has 1 aliphatic carbocycles. The van der Waals surface area contributed by atoms with E-state index in [1.807, 2.05) is 74.8 Å². The number of terminal acetylenes is 1. The molecule has 7 nitrogen and oxygen atoms in total. The summed E-state index contributed by atoms with van der Waals surface area (Å²) in [5, 5.41) is 5.61. The van der Waals surface area contributed by atoms with Gasteiger partial charge in [0.1, 0.15) is 18.1 Å². The third-order valence-electron chi connectivity index (χ3n) is 6.37. The van der Waals surface area contributed by atoms with Gasteiger partial charge in [-0.2, -0.15) is 0 Å². The van der Waals surface area contributed by atoms with Crippen LogP contribution in [0.2, 0.25) is 0 Å². The number of fused-ring (bicyclic) bond motifs is 5. The summed E-state index contributed by atoms with van der Waals surface area (Å²) in [7, 11) is 7.28. The van der Waals surface area contributed by atoms with Crippen molar-refractivity contribution in [2.24, 2.45) is 5.16 Å². The molecule has 0 aliphatic heterocycles. The van der Waals surface area contributed by atoms with Crippen molar-refractivity contribution in [3.8, 4) is 40.8 Å². The third-order valence-corrected chi connectivity index (χ3v) is 6.37. The van der Waals surface area contributed by atoms with Crippen molar-refractivity contribution in [2.75, 3.05) is 41.5 Å². The van der Waals surface area contributed by atoms with E-state index in [-0.39, 0.29) is 0 Å². The van der Waals surface area contributed by atoms with Crippen molar-refractivity contribution in [3.05, 3.63) is 77.4 Å². The molecule has 0 saturated heterocycles.